The summed E-state index contributed by atoms with van der Waals surface area (Å²) in [5.74, 6) is 0.628. The van der Waals surface area contributed by atoms with Crippen molar-refractivity contribution in [1.29, 1.82) is 0 Å². The third-order valence-corrected chi connectivity index (χ3v) is 4.71. The monoisotopic (exact) mass is 324 g/mol. The number of nitrogens with one attached hydrogen (secondary N) is 2. The van der Waals surface area contributed by atoms with Gasteiger partial charge in [-0.2, -0.15) is 0 Å². The van der Waals surface area contributed by atoms with Crippen LogP contribution in [-0.2, 0) is 0 Å². The van der Waals surface area contributed by atoms with Crippen molar-refractivity contribution in [1.82, 2.24) is 9.97 Å². The number of benzene rings is 1. The van der Waals surface area contributed by atoms with Gasteiger partial charge in [0.05, 0.1) is 17.1 Å². The highest BCUT2D eigenvalue weighted by Gasteiger charge is 2.21. The average Bonchev–Trinajstić information content (AvgIpc) is 2.96. The van der Waals surface area contributed by atoms with Gasteiger partial charge in [-0.25, -0.2) is 4.79 Å². The van der Waals surface area contributed by atoms with Crippen LogP contribution in [0.4, 0.5) is 0 Å². The summed E-state index contributed by atoms with van der Waals surface area (Å²) >= 11 is 3.48. The molecule has 3 N–H and O–H groups in total. The van der Waals surface area contributed by atoms with Gasteiger partial charge in [-0.1, -0.05) is 41.6 Å². The van der Waals surface area contributed by atoms with E-state index >= 15 is 0 Å². The van der Waals surface area contributed by atoms with Crippen LogP contribution in [-0.4, -0.2) is 15.1 Å². The molecular weight excluding hydrogens is 308 g/mol. The van der Waals surface area contributed by atoms with E-state index < -0.39 is 6.10 Å². The Hall–Kier alpha value is -1.07. The first kappa shape index (κ1) is 12.9. The molecule has 1 unspecified atom stereocenters. The van der Waals surface area contributed by atoms with Gasteiger partial charge >= 0.3 is 5.69 Å². The van der Waals surface area contributed by atoms with Crippen LogP contribution >= 0.6 is 15.9 Å². The number of hydrogen-bond donors (Lipinski definition) is 3. The molecule has 1 aromatic carbocycles. The summed E-state index contributed by atoms with van der Waals surface area (Å²) in [6.07, 6.45) is 5.33. The molecule has 0 aliphatic heterocycles. The Morgan fingerprint density at radius 1 is 1.26 bits per heavy atom. The van der Waals surface area contributed by atoms with E-state index in [1.165, 1.54) is 25.7 Å². The lowest BCUT2D eigenvalue weighted by Crippen LogP contribution is -2.05. The summed E-state index contributed by atoms with van der Waals surface area (Å²) in [5, 5.41) is 10.4. The van der Waals surface area contributed by atoms with Gasteiger partial charge < -0.3 is 15.1 Å². The summed E-state index contributed by atoms with van der Waals surface area (Å²) in [6.45, 7) is 0. The Kier molecular flexibility index (Phi) is 3.50. The van der Waals surface area contributed by atoms with Crippen LogP contribution in [0.2, 0.25) is 0 Å². The second-order valence-corrected chi connectivity index (χ2v) is 6.25. The molecule has 0 radical (unpaired) electrons. The van der Waals surface area contributed by atoms with Gasteiger partial charge in [-0.3, -0.25) is 0 Å². The first-order valence-corrected chi connectivity index (χ1v) is 7.52. The summed E-state index contributed by atoms with van der Waals surface area (Å²) in [7, 11) is 0. The van der Waals surface area contributed by atoms with E-state index in [0.717, 1.165) is 27.5 Å². The summed E-state index contributed by atoms with van der Waals surface area (Å²) < 4.78 is 0.848. The lowest BCUT2D eigenvalue weighted by molar-refractivity contribution is 0.144. The lowest BCUT2D eigenvalue weighted by atomic mass is 9.95. The zero-order valence-electron chi connectivity index (χ0n) is 10.6. The van der Waals surface area contributed by atoms with Crippen molar-refractivity contribution in [2.24, 2.45) is 5.92 Å². The third-order valence-electron chi connectivity index (χ3n) is 4.02. The second-order valence-electron chi connectivity index (χ2n) is 5.40. The van der Waals surface area contributed by atoms with Crippen LogP contribution in [0.3, 0.4) is 0 Å². The Morgan fingerprint density at radius 2 is 1.89 bits per heavy atom. The number of imidazole rings is 1. The van der Waals surface area contributed by atoms with E-state index in [2.05, 4.69) is 25.9 Å². The van der Waals surface area contributed by atoms with Crippen molar-refractivity contribution in [3.8, 4) is 0 Å². The highest BCUT2D eigenvalue weighted by Crippen LogP contribution is 2.36. The number of rotatable bonds is 3. The van der Waals surface area contributed by atoms with Crippen LogP contribution in [0.25, 0.3) is 11.0 Å². The molecule has 3 rings (SSSR count). The number of aliphatic hydroxyl groups is 1. The van der Waals surface area contributed by atoms with E-state index in [0.29, 0.717) is 5.92 Å². The van der Waals surface area contributed by atoms with Crippen LogP contribution < -0.4 is 5.69 Å². The van der Waals surface area contributed by atoms with Crippen LogP contribution in [0.15, 0.2) is 21.4 Å². The zero-order valence-corrected chi connectivity index (χ0v) is 12.2. The minimum absolute atomic E-state index is 0.218. The first-order chi connectivity index (χ1) is 9.13. The number of aliphatic hydroxyl groups excluding tert-OH is 1. The standard InChI is InChI=1S/C14H17BrN2O2/c15-10-7-12-11(16-14(19)17-12)6-9(10)13(18)5-8-3-1-2-4-8/h6-8,13,18H,1-5H2,(H2,16,17,19). The fourth-order valence-corrected chi connectivity index (χ4v) is 3.62. The van der Waals surface area contributed by atoms with E-state index in [1.807, 2.05) is 12.1 Å². The number of H-pyrrole nitrogens is 2. The van der Waals surface area contributed by atoms with Crippen molar-refractivity contribution >= 4 is 27.0 Å². The maximum Gasteiger partial charge on any atom is 0.323 e. The van der Waals surface area contributed by atoms with Crippen molar-refractivity contribution in [3.63, 3.8) is 0 Å². The van der Waals surface area contributed by atoms with Crippen molar-refractivity contribution in [3.05, 3.63) is 32.7 Å². The normalized spacial score (nSPS) is 18.2. The summed E-state index contributed by atoms with van der Waals surface area (Å²) in [6, 6.07) is 3.71. The molecule has 1 saturated carbocycles. The highest BCUT2D eigenvalue weighted by molar-refractivity contribution is 9.10. The molecule has 0 bridgehead atoms. The first-order valence-electron chi connectivity index (χ1n) is 6.73. The van der Waals surface area contributed by atoms with Crippen LogP contribution in [0.5, 0.6) is 0 Å². The maximum absolute atomic E-state index is 11.3. The smallest absolute Gasteiger partial charge is 0.323 e. The Bertz CT molecular complexity index is 640. The molecule has 1 atom stereocenters. The summed E-state index contributed by atoms with van der Waals surface area (Å²) in [5.41, 5.74) is 2.14. The Labute approximate surface area is 119 Å². The number of aromatic nitrogens is 2. The molecular formula is C14H17BrN2O2. The molecule has 1 aliphatic rings. The fraction of sp³-hybridized carbons (Fsp3) is 0.500. The minimum atomic E-state index is -0.472. The molecule has 1 aliphatic carbocycles. The van der Waals surface area contributed by atoms with E-state index in [-0.39, 0.29) is 5.69 Å². The van der Waals surface area contributed by atoms with Gasteiger partial charge in [-0.15, -0.1) is 0 Å². The van der Waals surface area contributed by atoms with E-state index in [1.54, 1.807) is 0 Å². The Balaban J connectivity index is 1.89. The topological polar surface area (TPSA) is 68.9 Å². The van der Waals surface area contributed by atoms with Gasteiger partial charge in [-0.05, 0) is 30.0 Å². The van der Waals surface area contributed by atoms with E-state index in [4.69, 9.17) is 0 Å². The van der Waals surface area contributed by atoms with Gasteiger partial charge in [0.2, 0.25) is 0 Å². The largest absolute Gasteiger partial charge is 0.388 e. The molecule has 0 amide bonds. The summed E-state index contributed by atoms with van der Waals surface area (Å²) in [4.78, 5) is 16.7. The predicted molar refractivity (Wildman–Crippen MR) is 78.2 cm³/mol. The minimum Gasteiger partial charge on any atom is -0.388 e. The van der Waals surface area contributed by atoms with Gasteiger partial charge in [0.25, 0.3) is 0 Å². The van der Waals surface area contributed by atoms with Crippen molar-refractivity contribution in [2.45, 2.75) is 38.2 Å². The maximum atomic E-state index is 11.3. The molecule has 4 nitrogen and oxygen atoms in total. The van der Waals surface area contributed by atoms with Crippen molar-refractivity contribution < 1.29 is 5.11 Å². The van der Waals surface area contributed by atoms with Gasteiger partial charge in [0.15, 0.2) is 0 Å². The highest BCUT2D eigenvalue weighted by atomic mass is 79.9. The molecule has 102 valence electrons. The second kappa shape index (κ2) is 5.13. The number of aromatic amines is 2. The van der Waals surface area contributed by atoms with Crippen LogP contribution in [0, 0.1) is 5.92 Å². The van der Waals surface area contributed by atoms with Gasteiger partial charge in [0, 0.05) is 4.47 Å². The molecule has 2 aromatic rings. The molecule has 1 aromatic heterocycles. The molecule has 5 heteroatoms. The van der Waals surface area contributed by atoms with E-state index in [9.17, 15) is 9.90 Å². The zero-order chi connectivity index (χ0) is 13.4. The van der Waals surface area contributed by atoms with Gasteiger partial charge in [0.1, 0.15) is 0 Å². The lowest BCUT2D eigenvalue weighted by Gasteiger charge is -2.17. The molecule has 19 heavy (non-hydrogen) atoms. The van der Waals surface area contributed by atoms with Crippen molar-refractivity contribution in [2.75, 3.05) is 0 Å². The third kappa shape index (κ3) is 2.62. The number of fused-ring (bicyclic) bond motifs is 1. The molecule has 0 saturated heterocycles. The number of halogens is 1. The fourth-order valence-electron chi connectivity index (χ4n) is 3.02. The number of hydrogen-bond acceptors (Lipinski definition) is 2. The van der Waals surface area contributed by atoms with Crippen LogP contribution in [0.1, 0.15) is 43.8 Å². The average molecular weight is 325 g/mol. The quantitative estimate of drug-likeness (QED) is 0.811. The molecule has 1 heterocycles. The SMILES string of the molecule is O=c1[nH]c2cc(Br)c(C(O)CC3CCCC3)cc2[nH]1. The predicted octanol–water partition coefficient (Wildman–Crippen LogP) is 3.23. The molecule has 1 fully saturated rings. The Morgan fingerprint density at radius 3 is 2.58 bits per heavy atom. The molecule has 0 spiro atoms.